The van der Waals surface area contributed by atoms with Crippen LogP contribution in [0.25, 0.3) is 0 Å². The van der Waals surface area contributed by atoms with Crippen molar-refractivity contribution < 1.29 is 15.3 Å². The van der Waals surface area contributed by atoms with Crippen molar-refractivity contribution in [3.05, 3.63) is 35.9 Å². The normalized spacial score (nSPS) is 12.1. The van der Waals surface area contributed by atoms with Gasteiger partial charge in [0.15, 0.2) is 6.04 Å². The fourth-order valence-electron chi connectivity index (χ4n) is 1.42. The predicted molar refractivity (Wildman–Crippen MR) is 62.7 cm³/mol. The van der Waals surface area contributed by atoms with Gasteiger partial charge in [0.05, 0.1) is 6.61 Å². The first-order valence-corrected chi connectivity index (χ1v) is 5.77. The lowest BCUT2D eigenvalue weighted by molar-refractivity contribution is -0.407. The largest absolute Gasteiger partial charge is 0.461 e. The molecule has 0 spiro atoms. The number of unbranched alkanes of at least 4 members (excludes halogenated alkanes) is 1. The third kappa shape index (κ3) is 4.45. The van der Waals surface area contributed by atoms with E-state index in [0.717, 1.165) is 18.4 Å². The molecule has 3 nitrogen and oxygen atoms in total. The maximum atomic E-state index is 11.5. The number of carbonyl (C=O) groups is 1. The Morgan fingerprint density at radius 2 is 2.06 bits per heavy atom. The van der Waals surface area contributed by atoms with Crippen molar-refractivity contribution in [3.63, 3.8) is 0 Å². The van der Waals surface area contributed by atoms with E-state index in [4.69, 9.17) is 4.74 Å². The number of carbonyl (C=O) groups excluding carboxylic acids is 1. The van der Waals surface area contributed by atoms with Crippen LogP contribution in [-0.4, -0.2) is 18.6 Å². The molecule has 0 heterocycles. The van der Waals surface area contributed by atoms with Gasteiger partial charge in [-0.2, -0.15) is 0 Å². The summed E-state index contributed by atoms with van der Waals surface area (Å²) < 4.78 is 5.11. The maximum Gasteiger partial charge on any atom is 0.365 e. The lowest BCUT2D eigenvalue weighted by Gasteiger charge is -2.08. The van der Waals surface area contributed by atoms with E-state index in [1.807, 2.05) is 30.3 Å². The predicted octanol–water partition coefficient (Wildman–Crippen LogP) is 1.18. The molecule has 0 bridgehead atoms. The van der Waals surface area contributed by atoms with Crippen molar-refractivity contribution in [1.82, 2.24) is 0 Å². The zero-order valence-corrected chi connectivity index (χ0v) is 9.82. The second kappa shape index (κ2) is 7.01. The fourth-order valence-corrected chi connectivity index (χ4v) is 1.42. The van der Waals surface area contributed by atoms with Gasteiger partial charge < -0.3 is 10.5 Å². The van der Waals surface area contributed by atoms with Gasteiger partial charge in [-0.05, 0) is 12.0 Å². The Bertz CT molecular complexity index is 311. The maximum absolute atomic E-state index is 11.5. The van der Waals surface area contributed by atoms with Crippen LogP contribution in [0.2, 0.25) is 0 Å². The van der Waals surface area contributed by atoms with Crippen molar-refractivity contribution >= 4 is 5.97 Å². The monoisotopic (exact) mass is 222 g/mol. The number of quaternary nitrogens is 1. The zero-order valence-electron chi connectivity index (χ0n) is 9.82. The lowest BCUT2D eigenvalue weighted by Crippen LogP contribution is -2.66. The number of hydrogen-bond acceptors (Lipinski definition) is 2. The minimum Gasteiger partial charge on any atom is -0.461 e. The highest BCUT2D eigenvalue weighted by atomic mass is 16.5. The Labute approximate surface area is 96.6 Å². The first-order valence-electron chi connectivity index (χ1n) is 5.77. The molecule has 1 aromatic carbocycles. The first kappa shape index (κ1) is 12.7. The average Bonchev–Trinajstić information content (AvgIpc) is 2.30. The minimum absolute atomic E-state index is 0.197. The van der Waals surface area contributed by atoms with Crippen LogP contribution in [-0.2, 0) is 16.0 Å². The molecule has 0 saturated heterocycles. The fraction of sp³-hybridized carbons (Fsp3) is 0.462. The molecule has 16 heavy (non-hydrogen) atoms. The number of rotatable bonds is 6. The summed E-state index contributed by atoms with van der Waals surface area (Å²) in [6, 6.07) is 9.57. The number of hydrogen-bond donors (Lipinski definition) is 1. The van der Waals surface area contributed by atoms with Crippen molar-refractivity contribution in [2.24, 2.45) is 0 Å². The highest BCUT2D eigenvalue weighted by molar-refractivity contribution is 5.74. The summed E-state index contributed by atoms with van der Waals surface area (Å²) in [5, 5.41) is 0. The van der Waals surface area contributed by atoms with Crippen LogP contribution < -0.4 is 5.73 Å². The van der Waals surface area contributed by atoms with Gasteiger partial charge in [-0.15, -0.1) is 0 Å². The number of benzene rings is 1. The first-order chi connectivity index (χ1) is 7.74. The molecule has 1 atom stereocenters. The molecule has 0 aliphatic heterocycles. The molecule has 0 fully saturated rings. The lowest BCUT2D eigenvalue weighted by atomic mass is 10.1. The Morgan fingerprint density at radius 1 is 1.38 bits per heavy atom. The molecule has 0 aromatic heterocycles. The van der Waals surface area contributed by atoms with Crippen LogP contribution in [0, 0.1) is 0 Å². The average molecular weight is 222 g/mol. The van der Waals surface area contributed by atoms with E-state index in [1.165, 1.54) is 0 Å². The van der Waals surface area contributed by atoms with Gasteiger partial charge in [0.25, 0.3) is 0 Å². The van der Waals surface area contributed by atoms with Crippen LogP contribution in [0.1, 0.15) is 25.3 Å². The molecule has 1 rings (SSSR count). The van der Waals surface area contributed by atoms with E-state index in [2.05, 4.69) is 12.7 Å². The molecule has 88 valence electrons. The Morgan fingerprint density at radius 3 is 2.69 bits per heavy atom. The smallest absolute Gasteiger partial charge is 0.365 e. The van der Waals surface area contributed by atoms with E-state index < -0.39 is 0 Å². The molecular formula is C13H20NO2+. The number of esters is 1. The molecule has 0 radical (unpaired) electrons. The molecular weight excluding hydrogens is 202 g/mol. The van der Waals surface area contributed by atoms with Crippen molar-refractivity contribution in [1.29, 1.82) is 0 Å². The molecule has 1 unspecified atom stereocenters. The highest BCUT2D eigenvalue weighted by Gasteiger charge is 2.18. The van der Waals surface area contributed by atoms with Crippen molar-refractivity contribution in [2.45, 2.75) is 32.2 Å². The van der Waals surface area contributed by atoms with Gasteiger partial charge in [-0.1, -0.05) is 43.7 Å². The second-order valence-electron chi connectivity index (χ2n) is 3.91. The van der Waals surface area contributed by atoms with Gasteiger partial charge in [0.1, 0.15) is 0 Å². The van der Waals surface area contributed by atoms with Gasteiger partial charge in [0.2, 0.25) is 0 Å². The SMILES string of the molecule is CCCCOC(=O)C([NH3+])Cc1ccccc1. The standard InChI is InChI=1S/C13H19NO2/c1-2-3-9-16-13(15)12(14)10-11-7-5-4-6-8-11/h4-8,12H,2-3,9-10,14H2,1H3/p+1. The summed E-state index contributed by atoms with van der Waals surface area (Å²) in [7, 11) is 0. The summed E-state index contributed by atoms with van der Waals surface area (Å²) in [5.74, 6) is -0.197. The third-order valence-electron chi connectivity index (χ3n) is 2.40. The molecule has 3 heteroatoms. The van der Waals surface area contributed by atoms with E-state index in [-0.39, 0.29) is 12.0 Å². The van der Waals surface area contributed by atoms with Crippen LogP contribution in [0.4, 0.5) is 0 Å². The Hall–Kier alpha value is -1.35. The van der Waals surface area contributed by atoms with Gasteiger partial charge >= 0.3 is 5.97 Å². The van der Waals surface area contributed by atoms with Crippen molar-refractivity contribution in [2.75, 3.05) is 6.61 Å². The molecule has 0 aliphatic carbocycles. The zero-order chi connectivity index (χ0) is 11.8. The van der Waals surface area contributed by atoms with E-state index in [0.29, 0.717) is 13.0 Å². The van der Waals surface area contributed by atoms with Crippen LogP contribution in [0.15, 0.2) is 30.3 Å². The van der Waals surface area contributed by atoms with Crippen LogP contribution >= 0.6 is 0 Å². The molecule has 0 aliphatic rings. The van der Waals surface area contributed by atoms with Gasteiger partial charge in [0, 0.05) is 6.42 Å². The van der Waals surface area contributed by atoms with Crippen LogP contribution in [0.3, 0.4) is 0 Å². The molecule has 3 N–H and O–H groups in total. The summed E-state index contributed by atoms with van der Waals surface area (Å²) >= 11 is 0. The summed E-state index contributed by atoms with van der Waals surface area (Å²) in [6.07, 6.45) is 2.60. The van der Waals surface area contributed by atoms with Gasteiger partial charge in [-0.3, -0.25) is 0 Å². The summed E-state index contributed by atoms with van der Waals surface area (Å²) in [5.41, 5.74) is 4.96. The molecule has 1 aromatic rings. The van der Waals surface area contributed by atoms with E-state index in [9.17, 15) is 4.79 Å². The van der Waals surface area contributed by atoms with E-state index >= 15 is 0 Å². The summed E-state index contributed by atoms with van der Waals surface area (Å²) in [4.78, 5) is 11.5. The van der Waals surface area contributed by atoms with Crippen molar-refractivity contribution in [3.8, 4) is 0 Å². The Kier molecular flexibility index (Phi) is 5.57. The third-order valence-corrected chi connectivity index (χ3v) is 2.40. The topological polar surface area (TPSA) is 53.9 Å². The second-order valence-corrected chi connectivity index (χ2v) is 3.91. The van der Waals surface area contributed by atoms with E-state index in [1.54, 1.807) is 0 Å². The highest BCUT2D eigenvalue weighted by Crippen LogP contribution is 2.02. The molecule has 0 saturated carbocycles. The molecule has 0 amide bonds. The quantitative estimate of drug-likeness (QED) is 0.580. The van der Waals surface area contributed by atoms with Gasteiger partial charge in [-0.25, -0.2) is 4.79 Å². The number of ether oxygens (including phenoxy) is 1. The summed E-state index contributed by atoms with van der Waals surface area (Å²) in [6.45, 7) is 2.58. The minimum atomic E-state index is -0.306. The Balaban J connectivity index is 2.34. The van der Waals surface area contributed by atoms with Crippen LogP contribution in [0.5, 0.6) is 0 Å².